The molecule has 0 unspecified atom stereocenters. The van der Waals surface area contributed by atoms with Crippen LogP contribution in [-0.4, -0.2) is 24.0 Å². The first-order chi connectivity index (χ1) is 12.8. The summed E-state index contributed by atoms with van der Waals surface area (Å²) in [5.74, 6) is 0.150. The molecule has 0 fully saturated rings. The molecule has 0 saturated carbocycles. The third kappa shape index (κ3) is 6.44. The summed E-state index contributed by atoms with van der Waals surface area (Å²) in [6.07, 6.45) is 2.01. The van der Waals surface area contributed by atoms with Gasteiger partial charge in [0.25, 0.3) is 11.8 Å². The highest BCUT2D eigenvalue weighted by Gasteiger charge is 2.19. The van der Waals surface area contributed by atoms with Crippen LogP contribution in [0.25, 0.3) is 0 Å². The molecule has 0 spiro atoms. The SMILES string of the molecule is CCCCOc1cccc(C(=O)Nc2ccccc2C(=O)NC(C)(C)C)c1. The second-order valence-electron chi connectivity index (χ2n) is 7.43. The van der Waals surface area contributed by atoms with E-state index in [0.29, 0.717) is 29.2 Å². The van der Waals surface area contributed by atoms with E-state index in [9.17, 15) is 9.59 Å². The monoisotopic (exact) mass is 368 g/mol. The van der Waals surface area contributed by atoms with Gasteiger partial charge in [-0.25, -0.2) is 0 Å². The lowest BCUT2D eigenvalue weighted by molar-refractivity contribution is 0.0920. The van der Waals surface area contributed by atoms with Gasteiger partial charge in [-0.2, -0.15) is 0 Å². The van der Waals surface area contributed by atoms with Crippen molar-refractivity contribution in [3.8, 4) is 5.75 Å². The normalized spacial score (nSPS) is 11.0. The van der Waals surface area contributed by atoms with Gasteiger partial charge in [0, 0.05) is 11.1 Å². The standard InChI is InChI=1S/C22H28N2O3/c1-5-6-14-27-17-11-9-10-16(15-17)20(25)23-19-13-8-7-12-18(19)21(26)24-22(2,3)4/h7-13,15H,5-6,14H2,1-4H3,(H,23,25)(H,24,26). The summed E-state index contributed by atoms with van der Waals surface area (Å²) in [6, 6.07) is 14.0. The largest absolute Gasteiger partial charge is 0.494 e. The quantitative estimate of drug-likeness (QED) is 0.699. The number of rotatable bonds is 7. The van der Waals surface area contributed by atoms with E-state index < -0.39 is 0 Å². The second kappa shape index (κ2) is 9.21. The molecule has 2 aromatic carbocycles. The van der Waals surface area contributed by atoms with E-state index in [1.807, 2.05) is 26.8 Å². The number of hydrogen-bond donors (Lipinski definition) is 2. The van der Waals surface area contributed by atoms with E-state index in [0.717, 1.165) is 12.8 Å². The molecule has 0 aliphatic carbocycles. The molecular weight excluding hydrogens is 340 g/mol. The number of benzene rings is 2. The minimum atomic E-state index is -0.363. The number of ether oxygens (including phenoxy) is 1. The molecule has 2 rings (SSSR count). The highest BCUT2D eigenvalue weighted by Crippen LogP contribution is 2.19. The van der Waals surface area contributed by atoms with Crippen molar-refractivity contribution in [2.24, 2.45) is 0 Å². The van der Waals surface area contributed by atoms with Crippen LogP contribution in [-0.2, 0) is 0 Å². The lowest BCUT2D eigenvalue weighted by Gasteiger charge is -2.21. The first-order valence-electron chi connectivity index (χ1n) is 9.26. The molecule has 5 nitrogen and oxygen atoms in total. The Balaban J connectivity index is 2.14. The summed E-state index contributed by atoms with van der Waals surface area (Å²) in [5, 5.41) is 5.75. The Morgan fingerprint density at radius 3 is 2.44 bits per heavy atom. The third-order valence-electron chi connectivity index (χ3n) is 3.77. The molecule has 2 aromatic rings. The van der Waals surface area contributed by atoms with Crippen LogP contribution in [0.1, 0.15) is 61.3 Å². The number of unbranched alkanes of at least 4 members (excludes halogenated alkanes) is 1. The van der Waals surface area contributed by atoms with Gasteiger partial charge in [0.1, 0.15) is 5.75 Å². The Morgan fingerprint density at radius 2 is 1.74 bits per heavy atom. The maximum Gasteiger partial charge on any atom is 0.255 e. The summed E-state index contributed by atoms with van der Waals surface area (Å²) < 4.78 is 5.66. The third-order valence-corrected chi connectivity index (χ3v) is 3.77. The van der Waals surface area contributed by atoms with Gasteiger partial charge in [0.2, 0.25) is 0 Å². The first-order valence-corrected chi connectivity index (χ1v) is 9.26. The molecule has 5 heteroatoms. The number of para-hydroxylation sites is 1. The van der Waals surface area contributed by atoms with Crippen molar-refractivity contribution in [2.45, 2.75) is 46.1 Å². The van der Waals surface area contributed by atoms with Crippen LogP contribution in [0.5, 0.6) is 5.75 Å². The Hall–Kier alpha value is -2.82. The zero-order valence-corrected chi connectivity index (χ0v) is 16.5. The molecular formula is C22H28N2O3. The Labute approximate surface area is 161 Å². The van der Waals surface area contributed by atoms with Crippen LogP contribution >= 0.6 is 0 Å². The van der Waals surface area contributed by atoms with Crippen LogP contribution < -0.4 is 15.4 Å². The summed E-state index contributed by atoms with van der Waals surface area (Å²) in [5.41, 5.74) is 1.02. The van der Waals surface area contributed by atoms with Crippen LogP contribution in [0.2, 0.25) is 0 Å². The predicted molar refractivity (Wildman–Crippen MR) is 108 cm³/mol. The lowest BCUT2D eigenvalue weighted by Crippen LogP contribution is -2.40. The number of carbonyl (C=O) groups excluding carboxylic acids is 2. The number of hydrogen-bond acceptors (Lipinski definition) is 3. The summed E-state index contributed by atoms with van der Waals surface area (Å²) in [6.45, 7) is 8.46. The van der Waals surface area contributed by atoms with Gasteiger partial charge >= 0.3 is 0 Å². The molecule has 0 heterocycles. The molecule has 0 aromatic heterocycles. The van der Waals surface area contributed by atoms with E-state index in [2.05, 4.69) is 17.6 Å². The van der Waals surface area contributed by atoms with Gasteiger partial charge in [0.15, 0.2) is 0 Å². The summed E-state index contributed by atoms with van der Waals surface area (Å²) >= 11 is 0. The molecule has 0 saturated heterocycles. The smallest absolute Gasteiger partial charge is 0.255 e. The van der Waals surface area contributed by atoms with Gasteiger partial charge in [-0.15, -0.1) is 0 Å². The van der Waals surface area contributed by atoms with Crippen molar-refractivity contribution in [3.05, 3.63) is 59.7 Å². The van der Waals surface area contributed by atoms with E-state index in [1.165, 1.54) is 0 Å². The van der Waals surface area contributed by atoms with Gasteiger partial charge < -0.3 is 15.4 Å². The molecule has 0 aliphatic rings. The average molecular weight is 368 g/mol. The van der Waals surface area contributed by atoms with E-state index in [1.54, 1.807) is 42.5 Å². The minimum absolute atomic E-state index is 0.227. The van der Waals surface area contributed by atoms with Crippen LogP contribution in [0, 0.1) is 0 Å². The van der Waals surface area contributed by atoms with Gasteiger partial charge in [-0.1, -0.05) is 31.5 Å². The zero-order valence-electron chi connectivity index (χ0n) is 16.5. The molecule has 27 heavy (non-hydrogen) atoms. The summed E-state index contributed by atoms with van der Waals surface area (Å²) in [4.78, 5) is 25.2. The van der Waals surface area contributed by atoms with Crippen LogP contribution in [0.4, 0.5) is 5.69 Å². The molecule has 0 atom stereocenters. The molecule has 0 radical (unpaired) electrons. The van der Waals surface area contributed by atoms with Gasteiger partial charge in [0.05, 0.1) is 17.9 Å². The summed E-state index contributed by atoms with van der Waals surface area (Å²) in [7, 11) is 0. The molecule has 0 bridgehead atoms. The average Bonchev–Trinajstić information content (AvgIpc) is 2.61. The Kier molecular flexibility index (Phi) is 6.99. The number of nitrogens with one attached hydrogen (secondary N) is 2. The van der Waals surface area contributed by atoms with Crippen molar-refractivity contribution in [1.82, 2.24) is 5.32 Å². The topological polar surface area (TPSA) is 67.4 Å². The maximum atomic E-state index is 12.7. The predicted octanol–water partition coefficient (Wildman–Crippen LogP) is 4.65. The van der Waals surface area contributed by atoms with Gasteiger partial charge in [-0.3, -0.25) is 9.59 Å². The van der Waals surface area contributed by atoms with Crippen LogP contribution in [0.15, 0.2) is 48.5 Å². The number of anilines is 1. The van der Waals surface area contributed by atoms with E-state index in [4.69, 9.17) is 4.74 Å². The van der Waals surface area contributed by atoms with Crippen molar-refractivity contribution in [1.29, 1.82) is 0 Å². The minimum Gasteiger partial charge on any atom is -0.494 e. The maximum absolute atomic E-state index is 12.7. The fourth-order valence-electron chi connectivity index (χ4n) is 2.45. The molecule has 0 aliphatic heterocycles. The van der Waals surface area contributed by atoms with E-state index in [-0.39, 0.29) is 17.4 Å². The number of carbonyl (C=O) groups is 2. The number of amides is 2. The Morgan fingerprint density at radius 1 is 1.00 bits per heavy atom. The molecule has 2 N–H and O–H groups in total. The van der Waals surface area contributed by atoms with Crippen LogP contribution in [0.3, 0.4) is 0 Å². The van der Waals surface area contributed by atoms with Crippen molar-refractivity contribution in [3.63, 3.8) is 0 Å². The molecule has 144 valence electrons. The van der Waals surface area contributed by atoms with E-state index >= 15 is 0 Å². The fraction of sp³-hybridized carbons (Fsp3) is 0.364. The lowest BCUT2D eigenvalue weighted by atomic mass is 10.1. The second-order valence-corrected chi connectivity index (χ2v) is 7.43. The van der Waals surface area contributed by atoms with Gasteiger partial charge in [-0.05, 0) is 57.5 Å². The van der Waals surface area contributed by atoms with Crippen molar-refractivity contribution < 1.29 is 14.3 Å². The fourth-order valence-corrected chi connectivity index (χ4v) is 2.45. The first kappa shape index (κ1) is 20.5. The molecule has 2 amide bonds. The zero-order chi connectivity index (χ0) is 19.9. The van der Waals surface area contributed by atoms with Crippen molar-refractivity contribution in [2.75, 3.05) is 11.9 Å². The Bertz CT molecular complexity index is 794. The highest BCUT2D eigenvalue weighted by atomic mass is 16.5. The highest BCUT2D eigenvalue weighted by molar-refractivity contribution is 6.09. The van der Waals surface area contributed by atoms with Crippen molar-refractivity contribution >= 4 is 17.5 Å².